The monoisotopic (exact) mass is 384 g/mol. The van der Waals surface area contributed by atoms with Crippen LogP contribution >= 0.6 is 15.9 Å². The first-order valence-electron chi connectivity index (χ1n) is 7.63. The first-order chi connectivity index (χ1) is 11.0. The van der Waals surface area contributed by atoms with E-state index >= 15 is 0 Å². The molecular formula is C16H21BrN2O4. The smallest absolute Gasteiger partial charge is 0.317 e. The third-order valence-corrected chi connectivity index (χ3v) is 4.28. The summed E-state index contributed by atoms with van der Waals surface area (Å²) in [7, 11) is 0. The van der Waals surface area contributed by atoms with Gasteiger partial charge in [-0.05, 0) is 44.0 Å². The van der Waals surface area contributed by atoms with Crippen molar-refractivity contribution in [2.24, 2.45) is 5.92 Å². The van der Waals surface area contributed by atoms with Gasteiger partial charge in [0.2, 0.25) is 0 Å². The number of hydrogen-bond acceptors (Lipinski definition) is 3. The molecule has 0 aliphatic carbocycles. The van der Waals surface area contributed by atoms with Crippen molar-refractivity contribution in [2.45, 2.75) is 25.9 Å². The van der Waals surface area contributed by atoms with E-state index in [9.17, 15) is 9.59 Å². The molecule has 1 aromatic carbocycles. The van der Waals surface area contributed by atoms with Gasteiger partial charge in [0.15, 0.2) is 0 Å². The van der Waals surface area contributed by atoms with Gasteiger partial charge >= 0.3 is 12.0 Å². The molecule has 2 atom stereocenters. The minimum atomic E-state index is -0.838. The molecule has 1 heterocycles. The van der Waals surface area contributed by atoms with Gasteiger partial charge in [0.1, 0.15) is 11.9 Å². The Labute approximate surface area is 143 Å². The second-order valence-corrected chi connectivity index (χ2v) is 6.61. The van der Waals surface area contributed by atoms with Crippen LogP contribution in [0.25, 0.3) is 0 Å². The lowest BCUT2D eigenvalue weighted by Gasteiger charge is -2.31. The average molecular weight is 385 g/mol. The second kappa shape index (κ2) is 8.19. The molecule has 0 radical (unpaired) electrons. The molecule has 0 saturated carbocycles. The van der Waals surface area contributed by atoms with Crippen molar-refractivity contribution in [3.63, 3.8) is 0 Å². The number of amides is 2. The van der Waals surface area contributed by atoms with Crippen molar-refractivity contribution < 1.29 is 19.4 Å². The number of urea groups is 1. The highest BCUT2D eigenvalue weighted by atomic mass is 79.9. The molecule has 23 heavy (non-hydrogen) atoms. The number of ether oxygens (including phenoxy) is 1. The Hall–Kier alpha value is -1.76. The number of likely N-dealkylation sites (tertiary alicyclic amines) is 1. The van der Waals surface area contributed by atoms with Gasteiger partial charge in [0.25, 0.3) is 0 Å². The highest BCUT2D eigenvalue weighted by molar-refractivity contribution is 9.10. The zero-order valence-electron chi connectivity index (χ0n) is 13.0. The number of benzene rings is 1. The van der Waals surface area contributed by atoms with Crippen molar-refractivity contribution in [3.8, 4) is 5.75 Å². The van der Waals surface area contributed by atoms with Gasteiger partial charge in [0.05, 0.1) is 12.5 Å². The highest BCUT2D eigenvalue weighted by Crippen LogP contribution is 2.18. The number of nitrogens with zero attached hydrogens (tertiary/aromatic N) is 1. The fourth-order valence-electron chi connectivity index (χ4n) is 2.49. The molecule has 1 aromatic rings. The van der Waals surface area contributed by atoms with E-state index in [1.165, 1.54) is 0 Å². The first-order valence-corrected chi connectivity index (χ1v) is 8.43. The Bertz CT molecular complexity index is 550. The summed E-state index contributed by atoms with van der Waals surface area (Å²) in [6.07, 6.45) is 1.16. The maximum absolute atomic E-state index is 12.1. The van der Waals surface area contributed by atoms with Gasteiger partial charge in [-0.25, -0.2) is 4.79 Å². The van der Waals surface area contributed by atoms with Crippen LogP contribution in [-0.2, 0) is 4.79 Å². The molecular weight excluding hydrogens is 364 g/mol. The SMILES string of the molecule is CC(CNC(=O)N1CCCC(C(=O)O)C1)Oc1ccc(Br)cc1. The number of piperidine rings is 1. The van der Waals surface area contributed by atoms with E-state index in [1.54, 1.807) is 4.90 Å². The van der Waals surface area contributed by atoms with Crippen LogP contribution in [0.2, 0.25) is 0 Å². The molecule has 126 valence electrons. The fraction of sp³-hybridized carbons (Fsp3) is 0.500. The summed E-state index contributed by atoms with van der Waals surface area (Å²) in [5, 5.41) is 11.9. The summed E-state index contributed by atoms with van der Waals surface area (Å²) in [5.74, 6) is -0.570. The number of nitrogens with one attached hydrogen (secondary N) is 1. The fourth-order valence-corrected chi connectivity index (χ4v) is 2.76. The zero-order chi connectivity index (χ0) is 16.8. The Kier molecular flexibility index (Phi) is 6.27. The van der Waals surface area contributed by atoms with Crippen molar-refractivity contribution in [1.29, 1.82) is 0 Å². The van der Waals surface area contributed by atoms with E-state index in [2.05, 4.69) is 21.2 Å². The topological polar surface area (TPSA) is 78.9 Å². The lowest BCUT2D eigenvalue weighted by molar-refractivity contribution is -0.143. The van der Waals surface area contributed by atoms with E-state index in [-0.39, 0.29) is 18.7 Å². The lowest BCUT2D eigenvalue weighted by Crippen LogP contribution is -2.48. The molecule has 6 nitrogen and oxygen atoms in total. The summed E-state index contributed by atoms with van der Waals surface area (Å²) in [6.45, 7) is 3.10. The van der Waals surface area contributed by atoms with Gasteiger partial charge in [-0.15, -0.1) is 0 Å². The maximum Gasteiger partial charge on any atom is 0.317 e. The van der Waals surface area contributed by atoms with Crippen LogP contribution in [0.5, 0.6) is 5.75 Å². The molecule has 2 rings (SSSR count). The normalized spacial score (nSPS) is 19.0. The lowest BCUT2D eigenvalue weighted by atomic mass is 9.99. The van der Waals surface area contributed by atoms with Crippen molar-refractivity contribution in [3.05, 3.63) is 28.7 Å². The van der Waals surface area contributed by atoms with Crippen molar-refractivity contribution in [2.75, 3.05) is 19.6 Å². The van der Waals surface area contributed by atoms with Crippen molar-refractivity contribution >= 4 is 27.9 Å². The summed E-state index contributed by atoms with van der Waals surface area (Å²) in [4.78, 5) is 24.7. The third kappa shape index (κ3) is 5.42. The van der Waals surface area contributed by atoms with Gasteiger partial charge in [-0.2, -0.15) is 0 Å². The first kappa shape index (κ1) is 17.6. The van der Waals surface area contributed by atoms with Crippen LogP contribution < -0.4 is 10.1 Å². The van der Waals surface area contributed by atoms with E-state index in [1.807, 2.05) is 31.2 Å². The third-order valence-electron chi connectivity index (χ3n) is 3.75. The molecule has 7 heteroatoms. The molecule has 0 aromatic heterocycles. The summed E-state index contributed by atoms with van der Waals surface area (Å²) < 4.78 is 6.69. The molecule has 1 aliphatic rings. The van der Waals surface area contributed by atoms with Crippen LogP contribution in [-0.4, -0.2) is 47.7 Å². The highest BCUT2D eigenvalue weighted by Gasteiger charge is 2.28. The average Bonchev–Trinajstić information content (AvgIpc) is 2.55. The van der Waals surface area contributed by atoms with Crippen LogP contribution in [0.4, 0.5) is 4.79 Å². The standard InChI is InChI=1S/C16H21BrN2O4/c1-11(23-14-6-4-13(17)5-7-14)9-18-16(22)19-8-2-3-12(10-19)15(20)21/h4-7,11-12H,2-3,8-10H2,1H3,(H,18,22)(H,20,21). The quantitative estimate of drug-likeness (QED) is 0.817. The van der Waals surface area contributed by atoms with Crippen LogP contribution in [0.1, 0.15) is 19.8 Å². The summed E-state index contributed by atoms with van der Waals surface area (Å²) in [5.41, 5.74) is 0. The number of carbonyl (C=O) groups excluding carboxylic acids is 1. The van der Waals surface area contributed by atoms with E-state index in [0.717, 1.165) is 16.6 Å². The Morgan fingerprint density at radius 3 is 2.78 bits per heavy atom. The largest absolute Gasteiger partial charge is 0.489 e. The molecule has 2 unspecified atom stereocenters. The molecule has 0 spiro atoms. The van der Waals surface area contributed by atoms with Gasteiger partial charge in [-0.3, -0.25) is 4.79 Å². The molecule has 2 N–H and O–H groups in total. The number of aliphatic carboxylic acids is 1. The minimum Gasteiger partial charge on any atom is -0.489 e. The Morgan fingerprint density at radius 1 is 1.43 bits per heavy atom. The maximum atomic E-state index is 12.1. The van der Waals surface area contributed by atoms with E-state index < -0.39 is 11.9 Å². The number of carboxylic acids is 1. The van der Waals surface area contributed by atoms with Crippen LogP contribution in [0.15, 0.2) is 28.7 Å². The minimum absolute atomic E-state index is 0.180. The molecule has 0 bridgehead atoms. The number of hydrogen-bond donors (Lipinski definition) is 2. The van der Waals surface area contributed by atoms with E-state index in [0.29, 0.717) is 19.5 Å². The number of rotatable bonds is 5. The molecule has 1 saturated heterocycles. The second-order valence-electron chi connectivity index (χ2n) is 5.69. The number of carboxylic acid groups (broad SMARTS) is 1. The number of halogens is 1. The van der Waals surface area contributed by atoms with E-state index in [4.69, 9.17) is 9.84 Å². The molecule has 1 fully saturated rings. The Morgan fingerprint density at radius 2 is 2.13 bits per heavy atom. The number of carbonyl (C=O) groups is 2. The zero-order valence-corrected chi connectivity index (χ0v) is 14.6. The van der Waals surface area contributed by atoms with Crippen molar-refractivity contribution in [1.82, 2.24) is 10.2 Å². The molecule has 1 aliphatic heterocycles. The summed E-state index contributed by atoms with van der Waals surface area (Å²) in [6, 6.07) is 7.25. The predicted molar refractivity (Wildman–Crippen MR) is 89.6 cm³/mol. The molecule has 2 amide bonds. The van der Waals surface area contributed by atoms with Gasteiger partial charge in [-0.1, -0.05) is 15.9 Å². The predicted octanol–water partition coefficient (Wildman–Crippen LogP) is 2.72. The summed E-state index contributed by atoms with van der Waals surface area (Å²) >= 11 is 3.36. The van der Waals surface area contributed by atoms with Gasteiger partial charge in [0, 0.05) is 17.6 Å². The van der Waals surface area contributed by atoms with Gasteiger partial charge < -0.3 is 20.1 Å². The van der Waals surface area contributed by atoms with Crippen LogP contribution in [0.3, 0.4) is 0 Å². The van der Waals surface area contributed by atoms with Crippen LogP contribution in [0, 0.1) is 5.92 Å². The Balaban J connectivity index is 1.77.